The summed E-state index contributed by atoms with van der Waals surface area (Å²) in [5.74, 6) is -2.24. The lowest BCUT2D eigenvalue weighted by molar-refractivity contribution is -0.121. The van der Waals surface area contributed by atoms with Crippen molar-refractivity contribution >= 4 is 28.8 Å². The maximum absolute atomic E-state index is 13.2. The predicted octanol–water partition coefficient (Wildman–Crippen LogP) is 2.81. The molecule has 1 saturated heterocycles. The molecule has 1 N–H and O–H groups in total. The SMILES string of the molecule is C[C@H](C(=O)Nc1ccc(F)c(F)c1)N1CCN(C(=O)c2cccs2)CC1. The van der Waals surface area contributed by atoms with Gasteiger partial charge in [-0.1, -0.05) is 6.07 Å². The van der Waals surface area contributed by atoms with Gasteiger partial charge in [0.05, 0.1) is 10.9 Å². The fourth-order valence-corrected chi connectivity index (χ4v) is 3.55. The van der Waals surface area contributed by atoms with Crippen molar-refractivity contribution in [2.24, 2.45) is 0 Å². The number of nitrogens with one attached hydrogen (secondary N) is 1. The molecule has 138 valence electrons. The van der Waals surface area contributed by atoms with Gasteiger partial charge in [-0.05, 0) is 30.5 Å². The van der Waals surface area contributed by atoms with E-state index in [1.54, 1.807) is 17.9 Å². The second-order valence-corrected chi connectivity index (χ2v) is 7.05. The summed E-state index contributed by atoms with van der Waals surface area (Å²) >= 11 is 1.41. The van der Waals surface area contributed by atoms with E-state index in [4.69, 9.17) is 0 Å². The number of thiophene rings is 1. The second kappa shape index (κ2) is 7.92. The zero-order chi connectivity index (χ0) is 18.7. The van der Waals surface area contributed by atoms with Crippen LogP contribution in [0.25, 0.3) is 0 Å². The number of benzene rings is 1. The number of anilines is 1. The third-order valence-corrected chi connectivity index (χ3v) is 5.31. The van der Waals surface area contributed by atoms with Crippen molar-refractivity contribution in [3.63, 3.8) is 0 Å². The first kappa shape index (κ1) is 18.5. The Balaban J connectivity index is 1.54. The van der Waals surface area contributed by atoms with Gasteiger partial charge in [0, 0.05) is 37.9 Å². The molecule has 2 amide bonds. The first-order chi connectivity index (χ1) is 12.5. The van der Waals surface area contributed by atoms with Gasteiger partial charge in [-0.3, -0.25) is 14.5 Å². The van der Waals surface area contributed by atoms with Crippen molar-refractivity contribution in [3.8, 4) is 0 Å². The van der Waals surface area contributed by atoms with Gasteiger partial charge in [0.25, 0.3) is 5.91 Å². The van der Waals surface area contributed by atoms with E-state index in [0.717, 1.165) is 12.1 Å². The molecule has 1 aliphatic rings. The summed E-state index contributed by atoms with van der Waals surface area (Å²) in [6, 6.07) is 6.46. The maximum atomic E-state index is 13.2. The Bertz CT molecular complexity index is 790. The van der Waals surface area contributed by atoms with Gasteiger partial charge in [-0.15, -0.1) is 11.3 Å². The molecule has 0 saturated carbocycles. The molecule has 1 fully saturated rings. The molecule has 2 aromatic rings. The lowest BCUT2D eigenvalue weighted by Crippen LogP contribution is -2.53. The molecule has 0 unspecified atom stereocenters. The monoisotopic (exact) mass is 379 g/mol. The van der Waals surface area contributed by atoms with Crippen molar-refractivity contribution in [3.05, 3.63) is 52.2 Å². The zero-order valence-corrected chi connectivity index (χ0v) is 15.1. The highest BCUT2D eigenvalue weighted by Gasteiger charge is 2.28. The van der Waals surface area contributed by atoms with E-state index in [1.165, 1.54) is 17.4 Å². The number of hydrogen-bond acceptors (Lipinski definition) is 4. The summed E-state index contributed by atoms with van der Waals surface area (Å²) in [7, 11) is 0. The number of piperazine rings is 1. The molecule has 0 aliphatic carbocycles. The van der Waals surface area contributed by atoms with Crippen LogP contribution in [0.15, 0.2) is 35.7 Å². The van der Waals surface area contributed by atoms with Crippen LogP contribution >= 0.6 is 11.3 Å². The number of hydrogen-bond donors (Lipinski definition) is 1. The smallest absolute Gasteiger partial charge is 0.264 e. The van der Waals surface area contributed by atoms with Crippen molar-refractivity contribution < 1.29 is 18.4 Å². The molecule has 1 aliphatic heterocycles. The standard InChI is InChI=1S/C18H19F2N3O2S/c1-12(17(24)21-13-4-5-14(19)15(20)11-13)22-6-8-23(9-7-22)18(25)16-3-2-10-26-16/h2-5,10-12H,6-9H2,1H3,(H,21,24)/t12-/m1/s1. The first-order valence-corrected chi connectivity index (χ1v) is 9.16. The minimum absolute atomic E-state index is 0.0125. The molecule has 1 aromatic carbocycles. The predicted molar refractivity (Wildman–Crippen MR) is 96.2 cm³/mol. The van der Waals surface area contributed by atoms with Crippen LogP contribution in [0.4, 0.5) is 14.5 Å². The van der Waals surface area contributed by atoms with Crippen LogP contribution in [0.2, 0.25) is 0 Å². The molecule has 26 heavy (non-hydrogen) atoms. The average Bonchev–Trinajstić information content (AvgIpc) is 3.18. The largest absolute Gasteiger partial charge is 0.335 e. The topological polar surface area (TPSA) is 52.7 Å². The lowest BCUT2D eigenvalue weighted by atomic mass is 10.2. The van der Waals surface area contributed by atoms with Crippen molar-refractivity contribution in [1.29, 1.82) is 0 Å². The highest BCUT2D eigenvalue weighted by Crippen LogP contribution is 2.17. The van der Waals surface area contributed by atoms with Crippen LogP contribution in [-0.4, -0.2) is 53.8 Å². The van der Waals surface area contributed by atoms with Crippen LogP contribution in [0.3, 0.4) is 0 Å². The molecule has 1 atom stereocenters. The molecule has 0 radical (unpaired) electrons. The fraction of sp³-hybridized carbons (Fsp3) is 0.333. The number of rotatable bonds is 4. The number of amides is 2. The Kier molecular flexibility index (Phi) is 5.63. The summed E-state index contributed by atoms with van der Waals surface area (Å²) in [5.41, 5.74) is 0.215. The van der Waals surface area contributed by atoms with Crippen molar-refractivity contribution in [2.75, 3.05) is 31.5 Å². The number of nitrogens with zero attached hydrogens (tertiary/aromatic N) is 2. The first-order valence-electron chi connectivity index (χ1n) is 8.28. The molecule has 2 heterocycles. The second-order valence-electron chi connectivity index (χ2n) is 6.10. The molecule has 0 bridgehead atoms. The van der Waals surface area contributed by atoms with Crippen LogP contribution in [0.1, 0.15) is 16.6 Å². The highest BCUT2D eigenvalue weighted by atomic mass is 32.1. The van der Waals surface area contributed by atoms with Crippen molar-refractivity contribution in [1.82, 2.24) is 9.80 Å². The van der Waals surface area contributed by atoms with Gasteiger partial charge >= 0.3 is 0 Å². The molecular weight excluding hydrogens is 360 g/mol. The van der Waals surface area contributed by atoms with E-state index in [0.29, 0.717) is 31.1 Å². The van der Waals surface area contributed by atoms with Crippen LogP contribution < -0.4 is 5.32 Å². The minimum atomic E-state index is -1.00. The van der Waals surface area contributed by atoms with Gasteiger partial charge in [0.15, 0.2) is 11.6 Å². The third-order valence-electron chi connectivity index (χ3n) is 4.45. The van der Waals surface area contributed by atoms with Gasteiger partial charge in [-0.25, -0.2) is 8.78 Å². The van der Waals surface area contributed by atoms with E-state index in [-0.39, 0.29) is 17.5 Å². The normalized spacial score (nSPS) is 16.3. The Morgan fingerprint density at radius 2 is 1.85 bits per heavy atom. The highest BCUT2D eigenvalue weighted by molar-refractivity contribution is 7.12. The average molecular weight is 379 g/mol. The van der Waals surface area contributed by atoms with Gasteiger partial charge < -0.3 is 10.2 Å². The Labute approximate surface area is 154 Å². The maximum Gasteiger partial charge on any atom is 0.264 e. The van der Waals surface area contributed by atoms with Crippen LogP contribution in [0, 0.1) is 11.6 Å². The molecule has 3 rings (SSSR count). The molecule has 8 heteroatoms. The van der Waals surface area contributed by atoms with Crippen LogP contribution in [-0.2, 0) is 4.79 Å². The van der Waals surface area contributed by atoms with E-state index < -0.39 is 17.7 Å². The third kappa shape index (κ3) is 4.08. The quantitative estimate of drug-likeness (QED) is 0.889. The van der Waals surface area contributed by atoms with E-state index in [2.05, 4.69) is 5.32 Å². The Morgan fingerprint density at radius 3 is 2.46 bits per heavy atom. The number of halogens is 2. The van der Waals surface area contributed by atoms with E-state index in [9.17, 15) is 18.4 Å². The van der Waals surface area contributed by atoms with Crippen molar-refractivity contribution in [2.45, 2.75) is 13.0 Å². The van der Waals surface area contributed by atoms with Crippen LogP contribution in [0.5, 0.6) is 0 Å². The summed E-state index contributed by atoms with van der Waals surface area (Å²) in [6.45, 7) is 3.98. The number of carbonyl (C=O) groups is 2. The fourth-order valence-electron chi connectivity index (χ4n) is 2.85. The Morgan fingerprint density at radius 1 is 1.12 bits per heavy atom. The number of carbonyl (C=O) groups excluding carboxylic acids is 2. The summed E-state index contributed by atoms with van der Waals surface area (Å²) in [4.78, 5) is 29.2. The van der Waals surface area contributed by atoms with Gasteiger partial charge in [-0.2, -0.15) is 0 Å². The molecular formula is C18H19F2N3O2S. The lowest BCUT2D eigenvalue weighted by Gasteiger charge is -2.37. The molecule has 5 nitrogen and oxygen atoms in total. The molecule has 0 spiro atoms. The summed E-state index contributed by atoms with van der Waals surface area (Å²) in [5, 5.41) is 4.47. The van der Waals surface area contributed by atoms with Gasteiger partial charge in [0.2, 0.25) is 5.91 Å². The Hall–Kier alpha value is -2.32. The zero-order valence-electron chi connectivity index (χ0n) is 14.2. The summed E-state index contributed by atoms with van der Waals surface area (Å²) in [6.07, 6.45) is 0. The van der Waals surface area contributed by atoms with E-state index >= 15 is 0 Å². The minimum Gasteiger partial charge on any atom is -0.335 e. The van der Waals surface area contributed by atoms with E-state index in [1.807, 2.05) is 16.3 Å². The van der Waals surface area contributed by atoms with Gasteiger partial charge in [0.1, 0.15) is 0 Å². The summed E-state index contributed by atoms with van der Waals surface area (Å²) < 4.78 is 26.2. The molecule has 1 aromatic heterocycles.